The molecule has 0 fully saturated rings. The number of nitro groups is 1. The summed E-state index contributed by atoms with van der Waals surface area (Å²) in [6.07, 6.45) is 1.07. The smallest absolute Gasteiger partial charge is 0.269 e. The Labute approximate surface area is 102 Å². The van der Waals surface area contributed by atoms with E-state index >= 15 is 0 Å². The molecule has 0 unspecified atom stereocenters. The highest BCUT2D eigenvalue weighted by Crippen LogP contribution is 2.20. The lowest BCUT2D eigenvalue weighted by Crippen LogP contribution is -2.39. The van der Waals surface area contributed by atoms with E-state index in [2.05, 4.69) is 32.7 Å². The number of hydrogen-bond donors (Lipinski definition) is 0. The molecule has 0 atom stereocenters. The van der Waals surface area contributed by atoms with Gasteiger partial charge in [0.1, 0.15) is 0 Å². The Kier molecular flexibility index (Phi) is 4.23. The van der Waals surface area contributed by atoms with Crippen molar-refractivity contribution in [2.75, 3.05) is 7.05 Å². The van der Waals surface area contributed by atoms with Crippen LogP contribution >= 0.6 is 0 Å². The van der Waals surface area contributed by atoms with Crippen LogP contribution in [0.25, 0.3) is 0 Å². The largest absolute Gasteiger partial charge is 0.297 e. The Hall–Kier alpha value is -1.42. The summed E-state index contributed by atoms with van der Waals surface area (Å²) >= 11 is 0. The van der Waals surface area contributed by atoms with E-state index in [0.29, 0.717) is 0 Å². The van der Waals surface area contributed by atoms with Crippen LogP contribution in [0.2, 0.25) is 0 Å². The number of nitro benzene ring substituents is 1. The molecule has 1 aromatic carbocycles. The van der Waals surface area contributed by atoms with Crippen molar-refractivity contribution in [3.8, 4) is 0 Å². The van der Waals surface area contributed by atoms with E-state index in [9.17, 15) is 10.1 Å². The van der Waals surface area contributed by atoms with E-state index in [4.69, 9.17) is 0 Å². The van der Waals surface area contributed by atoms with Gasteiger partial charge in [0.25, 0.3) is 5.69 Å². The predicted molar refractivity (Wildman–Crippen MR) is 68.9 cm³/mol. The van der Waals surface area contributed by atoms with Gasteiger partial charge in [-0.15, -0.1) is 0 Å². The summed E-state index contributed by atoms with van der Waals surface area (Å²) in [6, 6.07) is 6.75. The van der Waals surface area contributed by atoms with Crippen LogP contribution < -0.4 is 0 Å². The third kappa shape index (κ3) is 3.53. The van der Waals surface area contributed by atoms with Gasteiger partial charge in [-0.1, -0.05) is 19.1 Å². The summed E-state index contributed by atoms with van der Waals surface area (Å²) in [5, 5.41) is 10.5. The SMILES string of the molecule is CCC(C)(C)N(C)Cc1ccc([N+](=O)[O-])cc1. The van der Waals surface area contributed by atoms with Crippen LogP contribution in [0.15, 0.2) is 24.3 Å². The van der Waals surface area contributed by atoms with Crippen LogP contribution in [0, 0.1) is 10.1 Å². The van der Waals surface area contributed by atoms with Crippen molar-refractivity contribution < 1.29 is 4.92 Å². The first kappa shape index (κ1) is 13.6. The van der Waals surface area contributed by atoms with Crippen LogP contribution in [-0.2, 0) is 6.54 Å². The van der Waals surface area contributed by atoms with Gasteiger partial charge in [0.05, 0.1) is 4.92 Å². The molecule has 1 rings (SSSR count). The van der Waals surface area contributed by atoms with Gasteiger partial charge >= 0.3 is 0 Å². The molecule has 94 valence electrons. The first-order valence-electron chi connectivity index (χ1n) is 5.81. The average Bonchev–Trinajstić information content (AvgIpc) is 2.29. The van der Waals surface area contributed by atoms with E-state index in [0.717, 1.165) is 18.5 Å². The zero-order chi connectivity index (χ0) is 13.1. The van der Waals surface area contributed by atoms with Gasteiger partial charge in [0, 0.05) is 24.2 Å². The van der Waals surface area contributed by atoms with Gasteiger partial charge in [-0.25, -0.2) is 0 Å². The Morgan fingerprint density at radius 2 is 1.82 bits per heavy atom. The summed E-state index contributed by atoms with van der Waals surface area (Å²) in [4.78, 5) is 12.4. The molecule has 17 heavy (non-hydrogen) atoms. The molecule has 0 amide bonds. The highest BCUT2D eigenvalue weighted by molar-refractivity contribution is 5.32. The zero-order valence-corrected chi connectivity index (χ0v) is 10.9. The standard InChI is InChI=1S/C13H20N2O2/c1-5-13(2,3)14(4)10-11-6-8-12(9-7-11)15(16)17/h6-9H,5,10H2,1-4H3. The highest BCUT2D eigenvalue weighted by Gasteiger charge is 2.20. The molecule has 4 heteroatoms. The van der Waals surface area contributed by atoms with Crippen molar-refractivity contribution in [2.24, 2.45) is 0 Å². The van der Waals surface area contributed by atoms with Crippen molar-refractivity contribution in [1.82, 2.24) is 4.90 Å². The summed E-state index contributed by atoms with van der Waals surface area (Å²) in [5.41, 5.74) is 1.38. The van der Waals surface area contributed by atoms with Crippen molar-refractivity contribution in [3.05, 3.63) is 39.9 Å². The Bertz CT molecular complexity index is 385. The molecule has 0 bridgehead atoms. The molecule has 0 aliphatic carbocycles. The highest BCUT2D eigenvalue weighted by atomic mass is 16.6. The lowest BCUT2D eigenvalue weighted by Gasteiger charge is -2.34. The maximum atomic E-state index is 10.5. The first-order chi connectivity index (χ1) is 7.86. The summed E-state index contributed by atoms with van der Waals surface area (Å²) < 4.78 is 0. The lowest BCUT2D eigenvalue weighted by molar-refractivity contribution is -0.384. The van der Waals surface area contributed by atoms with E-state index in [-0.39, 0.29) is 16.1 Å². The maximum absolute atomic E-state index is 10.5. The van der Waals surface area contributed by atoms with Gasteiger partial charge < -0.3 is 0 Å². The number of non-ortho nitro benzene ring substituents is 1. The third-order valence-electron chi connectivity index (χ3n) is 3.47. The fraction of sp³-hybridized carbons (Fsp3) is 0.538. The van der Waals surface area contributed by atoms with Crippen LogP contribution in [0.3, 0.4) is 0 Å². The average molecular weight is 236 g/mol. The topological polar surface area (TPSA) is 46.4 Å². The molecule has 0 radical (unpaired) electrons. The number of nitrogens with zero attached hydrogens (tertiary/aromatic N) is 2. The summed E-state index contributed by atoms with van der Waals surface area (Å²) in [5.74, 6) is 0. The number of rotatable bonds is 5. The normalized spacial score (nSPS) is 11.8. The Morgan fingerprint density at radius 1 is 1.29 bits per heavy atom. The Morgan fingerprint density at radius 3 is 2.24 bits per heavy atom. The molecule has 0 aliphatic heterocycles. The fourth-order valence-electron chi connectivity index (χ4n) is 1.48. The van der Waals surface area contributed by atoms with E-state index in [1.807, 2.05) is 12.1 Å². The quantitative estimate of drug-likeness (QED) is 0.582. The molecule has 0 heterocycles. The minimum Gasteiger partial charge on any atom is -0.297 e. The van der Waals surface area contributed by atoms with Crippen LogP contribution in [0.1, 0.15) is 32.8 Å². The third-order valence-corrected chi connectivity index (χ3v) is 3.47. The molecule has 0 aliphatic rings. The molecule has 4 nitrogen and oxygen atoms in total. The van der Waals surface area contributed by atoms with Crippen molar-refractivity contribution >= 4 is 5.69 Å². The number of benzene rings is 1. The second-order valence-electron chi connectivity index (χ2n) is 4.95. The molecule has 0 saturated carbocycles. The van der Waals surface area contributed by atoms with Crippen molar-refractivity contribution in [1.29, 1.82) is 0 Å². The van der Waals surface area contributed by atoms with Crippen LogP contribution in [-0.4, -0.2) is 22.4 Å². The van der Waals surface area contributed by atoms with E-state index in [1.54, 1.807) is 12.1 Å². The molecule has 0 spiro atoms. The minimum absolute atomic E-state index is 0.141. The monoisotopic (exact) mass is 236 g/mol. The minimum atomic E-state index is -0.372. The summed E-state index contributed by atoms with van der Waals surface area (Å²) in [6.45, 7) is 7.35. The van der Waals surface area contributed by atoms with Gasteiger partial charge in [-0.3, -0.25) is 15.0 Å². The second kappa shape index (κ2) is 5.27. The molecular formula is C13H20N2O2. The predicted octanol–water partition coefficient (Wildman–Crippen LogP) is 3.22. The van der Waals surface area contributed by atoms with Crippen molar-refractivity contribution in [2.45, 2.75) is 39.3 Å². The van der Waals surface area contributed by atoms with Gasteiger partial charge in [0.2, 0.25) is 0 Å². The summed E-state index contributed by atoms with van der Waals surface area (Å²) in [7, 11) is 2.07. The molecule has 0 aromatic heterocycles. The molecular weight excluding hydrogens is 216 g/mol. The van der Waals surface area contributed by atoms with Gasteiger partial charge in [-0.2, -0.15) is 0 Å². The van der Waals surface area contributed by atoms with Gasteiger partial charge in [0.15, 0.2) is 0 Å². The van der Waals surface area contributed by atoms with Gasteiger partial charge in [-0.05, 0) is 32.9 Å². The van der Waals surface area contributed by atoms with Crippen molar-refractivity contribution in [3.63, 3.8) is 0 Å². The molecule has 0 N–H and O–H groups in total. The zero-order valence-electron chi connectivity index (χ0n) is 10.9. The number of hydrogen-bond acceptors (Lipinski definition) is 3. The maximum Gasteiger partial charge on any atom is 0.269 e. The van der Waals surface area contributed by atoms with E-state index < -0.39 is 0 Å². The Balaban J connectivity index is 2.73. The molecule has 1 aromatic rings. The van der Waals surface area contributed by atoms with Crippen LogP contribution in [0.4, 0.5) is 5.69 Å². The first-order valence-corrected chi connectivity index (χ1v) is 5.81. The second-order valence-corrected chi connectivity index (χ2v) is 4.95. The van der Waals surface area contributed by atoms with Crippen LogP contribution in [0.5, 0.6) is 0 Å². The lowest BCUT2D eigenvalue weighted by atomic mass is 9.99. The molecule has 0 saturated heterocycles. The fourth-order valence-corrected chi connectivity index (χ4v) is 1.48. The van der Waals surface area contributed by atoms with E-state index in [1.165, 1.54) is 0 Å².